The molecule has 2 heteroatoms. The van der Waals surface area contributed by atoms with Gasteiger partial charge in [0.2, 0.25) is 0 Å². The van der Waals surface area contributed by atoms with Gasteiger partial charge in [-0.3, -0.25) is 0 Å². The SMILES string of the molecule is CCCCNCCC1(CC)CCNCC1. The zero-order valence-corrected chi connectivity index (χ0v) is 10.6. The Hall–Kier alpha value is -0.0800. The van der Waals surface area contributed by atoms with Gasteiger partial charge >= 0.3 is 0 Å². The molecular weight excluding hydrogens is 184 g/mol. The van der Waals surface area contributed by atoms with E-state index in [0.717, 1.165) is 0 Å². The normalized spacial score (nSPS) is 20.4. The summed E-state index contributed by atoms with van der Waals surface area (Å²) < 4.78 is 0. The van der Waals surface area contributed by atoms with Gasteiger partial charge in [-0.25, -0.2) is 0 Å². The second-order valence-electron chi connectivity index (χ2n) is 4.96. The van der Waals surface area contributed by atoms with E-state index in [2.05, 4.69) is 24.5 Å². The molecule has 2 N–H and O–H groups in total. The molecule has 0 aromatic rings. The lowest BCUT2D eigenvalue weighted by atomic mass is 9.74. The van der Waals surface area contributed by atoms with Gasteiger partial charge in [0, 0.05) is 0 Å². The van der Waals surface area contributed by atoms with Gasteiger partial charge in [-0.15, -0.1) is 0 Å². The second-order valence-corrected chi connectivity index (χ2v) is 4.96. The molecule has 1 aliphatic rings. The molecule has 1 aliphatic heterocycles. The number of unbranched alkanes of at least 4 members (excludes halogenated alkanes) is 1. The molecule has 0 aromatic carbocycles. The van der Waals surface area contributed by atoms with Crippen LogP contribution in [-0.4, -0.2) is 26.2 Å². The summed E-state index contributed by atoms with van der Waals surface area (Å²) in [6.45, 7) is 9.48. The van der Waals surface area contributed by atoms with Crippen LogP contribution < -0.4 is 10.6 Å². The summed E-state index contributed by atoms with van der Waals surface area (Å²) in [6, 6.07) is 0. The molecule has 0 aliphatic carbocycles. The average molecular weight is 212 g/mol. The van der Waals surface area contributed by atoms with Gasteiger partial charge < -0.3 is 10.6 Å². The Bertz CT molecular complexity index is 151. The molecule has 2 nitrogen and oxygen atoms in total. The molecular formula is C13H28N2. The quantitative estimate of drug-likeness (QED) is 0.634. The third kappa shape index (κ3) is 4.52. The van der Waals surface area contributed by atoms with E-state index in [9.17, 15) is 0 Å². The standard InChI is InChI=1S/C13H28N2/c1-3-5-9-14-10-6-13(4-2)7-11-15-12-8-13/h14-15H,3-12H2,1-2H3. The van der Waals surface area contributed by atoms with Gasteiger partial charge in [0.05, 0.1) is 0 Å². The predicted molar refractivity (Wildman–Crippen MR) is 67.2 cm³/mol. The van der Waals surface area contributed by atoms with Crippen molar-refractivity contribution in [1.82, 2.24) is 10.6 Å². The Morgan fingerprint density at radius 2 is 1.87 bits per heavy atom. The summed E-state index contributed by atoms with van der Waals surface area (Å²) in [4.78, 5) is 0. The molecule has 1 saturated heterocycles. The van der Waals surface area contributed by atoms with Crippen LogP contribution in [0.4, 0.5) is 0 Å². The number of piperidine rings is 1. The maximum absolute atomic E-state index is 3.57. The number of nitrogens with one attached hydrogen (secondary N) is 2. The molecule has 90 valence electrons. The molecule has 0 aromatic heterocycles. The number of hydrogen-bond acceptors (Lipinski definition) is 2. The van der Waals surface area contributed by atoms with Crippen molar-refractivity contribution >= 4 is 0 Å². The Morgan fingerprint density at radius 3 is 2.47 bits per heavy atom. The molecule has 0 spiro atoms. The van der Waals surface area contributed by atoms with E-state index in [1.807, 2.05) is 0 Å². The summed E-state index contributed by atoms with van der Waals surface area (Å²) in [5.74, 6) is 0. The fourth-order valence-corrected chi connectivity index (χ4v) is 2.52. The van der Waals surface area contributed by atoms with Crippen LogP contribution in [0.2, 0.25) is 0 Å². The summed E-state index contributed by atoms with van der Waals surface area (Å²) in [5.41, 5.74) is 0.643. The van der Waals surface area contributed by atoms with Gasteiger partial charge in [0.15, 0.2) is 0 Å². The highest BCUT2D eigenvalue weighted by Gasteiger charge is 2.29. The lowest BCUT2D eigenvalue weighted by molar-refractivity contribution is 0.175. The monoisotopic (exact) mass is 212 g/mol. The second kappa shape index (κ2) is 7.24. The zero-order valence-electron chi connectivity index (χ0n) is 10.6. The molecule has 0 amide bonds. The maximum atomic E-state index is 3.57. The van der Waals surface area contributed by atoms with Crippen LogP contribution in [0.15, 0.2) is 0 Å². The van der Waals surface area contributed by atoms with Gasteiger partial charge in [0.1, 0.15) is 0 Å². The lowest BCUT2D eigenvalue weighted by Gasteiger charge is -2.37. The first-order chi connectivity index (χ1) is 7.33. The molecule has 1 rings (SSSR count). The maximum Gasteiger partial charge on any atom is -0.00436 e. The molecule has 1 heterocycles. The van der Waals surface area contributed by atoms with E-state index >= 15 is 0 Å². The van der Waals surface area contributed by atoms with Crippen LogP contribution in [0.25, 0.3) is 0 Å². The summed E-state index contributed by atoms with van der Waals surface area (Å²) >= 11 is 0. The van der Waals surface area contributed by atoms with Gasteiger partial charge in [-0.05, 0) is 57.3 Å². The van der Waals surface area contributed by atoms with E-state index in [4.69, 9.17) is 0 Å². The van der Waals surface area contributed by atoms with Crippen LogP contribution >= 0.6 is 0 Å². The Kier molecular flexibility index (Phi) is 6.26. The third-order valence-corrected chi connectivity index (χ3v) is 3.95. The van der Waals surface area contributed by atoms with Crippen molar-refractivity contribution in [1.29, 1.82) is 0 Å². The fourth-order valence-electron chi connectivity index (χ4n) is 2.52. The van der Waals surface area contributed by atoms with Gasteiger partial charge in [0.25, 0.3) is 0 Å². The molecule has 0 unspecified atom stereocenters. The van der Waals surface area contributed by atoms with Crippen LogP contribution in [-0.2, 0) is 0 Å². The largest absolute Gasteiger partial charge is 0.317 e. The average Bonchev–Trinajstić information content (AvgIpc) is 2.30. The van der Waals surface area contributed by atoms with E-state index in [1.165, 1.54) is 64.7 Å². The topological polar surface area (TPSA) is 24.1 Å². The van der Waals surface area contributed by atoms with Gasteiger partial charge in [-0.1, -0.05) is 26.7 Å². The minimum Gasteiger partial charge on any atom is -0.317 e. The Morgan fingerprint density at radius 1 is 1.13 bits per heavy atom. The van der Waals surface area contributed by atoms with E-state index in [-0.39, 0.29) is 0 Å². The van der Waals surface area contributed by atoms with E-state index in [1.54, 1.807) is 0 Å². The highest BCUT2D eigenvalue weighted by molar-refractivity contribution is 4.83. The van der Waals surface area contributed by atoms with Crippen molar-refractivity contribution in [3.8, 4) is 0 Å². The molecule has 1 fully saturated rings. The lowest BCUT2D eigenvalue weighted by Crippen LogP contribution is -2.38. The summed E-state index contributed by atoms with van der Waals surface area (Å²) in [6.07, 6.45) is 8.09. The molecule has 0 radical (unpaired) electrons. The molecule has 15 heavy (non-hydrogen) atoms. The van der Waals surface area contributed by atoms with Crippen LogP contribution in [0.1, 0.15) is 52.4 Å². The minimum atomic E-state index is 0.643. The third-order valence-electron chi connectivity index (χ3n) is 3.95. The molecule has 0 bridgehead atoms. The van der Waals surface area contributed by atoms with Crippen LogP contribution in [0, 0.1) is 5.41 Å². The molecule has 0 atom stereocenters. The van der Waals surface area contributed by atoms with E-state index < -0.39 is 0 Å². The van der Waals surface area contributed by atoms with Crippen molar-refractivity contribution in [3.05, 3.63) is 0 Å². The van der Waals surface area contributed by atoms with Crippen LogP contribution in [0.3, 0.4) is 0 Å². The first-order valence-corrected chi connectivity index (χ1v) is 6.74. The zero-order chi connectivity index (χ0) is 11.0. The minimum absolute atomic E-state index is 0.643. The Balaban J connectivity index is 2.15. The Labute approximate surface area is 95.2 Å². The van der Waals surface area contributed by atoms with E-state index in [0.29, 0.717) is 5.41 Å². The number of rotatable bonds is 7. The van der Waals surface area contributed by atoms with Crippen molar-refractivity contribution in [2.45, 2.75) is 52.4 Å². The molecule has 0 saturated carbocycles. The van der Waals surface area contributed by atoms with Crippen LogP contribution in [0.5, 0.6) is 0 Å². The van der Waals surface area contributed by atoms with Gasteiger partial charge in [-0.2, -0.15) is 0 Å². The van der Waals surface area contributed by atoms with Crippen molar-refractivity contribution in [2.24, 2.45) is 5.41 Å². The van der Waals surface area contributed by atoms with Crippen molar-refractivity contribution < 1.29 is 0 Å². The predicted octanol–water partition coefficient (Wildman–Crippen LogP) is 2.55. The summed E-state index contributed by atoms with van der Waals surface area (Å²) in [7, 11) is 0. The first kappa shape index (κ1) is 13.0. The highest BCUT2D eigenvalue weighted by Crippen LogP contribution is 2.35. The van der Waals surface area contributed by atoms with Crippen molar-refractivity contribution in [2.75, 3.05) is 26.2 Å². The van der Waals surface area contributed by atoms with Crippen molar-refractivity contribution in [3.63, 3.8) is 0 Å². The fraction of sp³-hybridized carbons (Fsp3) is 1.00. The smallest absolute Gasteiger partial charge is 0.00436 e. The number of hydrogen-bond donors (Lipinski definition) is 2. The first-order valence-electron chi connectivity index (χ1n) is 6.74. The summed E-state index contributed by atoms with van der Waals surface area (Å²) in [5, 5.41) is 7.04. The highest BCUT2D eigenvalue weighted by atomic mass is 14.9.